The molecule has 1 heterocycles. The Labute approximate surface area is 148 Å². The normalized spacial score (nSPS) is 17.2. The third kappa shape index (κ3) is 4.65. The number of benzene rings is 2. The first-order chi connectivity index (χ1) is 12.1. The number of piperidine rings is 1. The number of ether oxygens (including phenoxy) is 2. The largest absolute Gasteiger partial charge is 0.504 e. The summed E-state index contributed by atoms with van der Waals surface area (Å²) < 4.78 is 10.8. The maximum absolute atomic E-state index is 10.7. The van der Waals surface area contributed by atoms with E-state index in [0.29, 0.717) is 25.2 Å². The molecule has 2 aromatic carbocycles. The summed E-state index contributed by atoms with van der Waals surface area (Å²) >= 11 is 0. The second-order valence-corrected chi connectivity index (χ2v) is 6.61. The number of aromatic hydroxyl groups is 1. The van der Waals surface area contributed by atoms with E-state index in [1.807, 2.05) is 36.4 Å². The van der Waals surface area contributed by atoms with Gasteiger partial charge in [-0.25, -0.2) is 0 Å². The molecule has 2 N–H and O–H groups in total. The average Bonchev–Trinajstić information content (AvgIpc) is 2.63. The second kappa shape index (κ2) is 7.76. The van der Waals surface area contributed by atoms with Gasteiger partial charge in [-0.3, -0.25) is 4.90 Å². The maximum Gasteiger partial charge on any atom is 0.160 e. The van der Waals surface area contributed by atoms with E-state index in [1.54, 1.807) is 12.1 Å². The molecule has 0 bridgehead atoms. The molecule has 0 radical (unpaired) electrons. The van der Waals surface area contributed by atoms with E-state index in [0.717, 1.165) is 30.9 Å². The summed E-state index contributed by atoms with van der Waals surface area (Å²) in [6.45, 7) is 2.64. The molecule has 0 unspecified atom stereocenters. The highest BCUT2D eigenvalue weighted by Gasteiger charge is 2.33. The van der Waals surface area contributed by atoms with Gasteiger partial charge in [-0.2, -0.15) is 0 Å². The fraction of sp³-hybridized carbons (Fsp3) is 0.400. The van der Waals surface area contributed by atoms with Crippen molar-refractivity contribution in [2.24, 2.45) is 0 Å². The van der Waals surface area contributed by atoms with Crippen molar-refractivity contribution in [3.63, 3.8) is 0 Å². The van der Waals surface area contributed by atoms with E-state index in [-0.39, 0.29) is 5.75 Å². The molecular weight excluding hydrogens is 318 g/mol. The van der Waals surface area contributed by atoms with E-state index in [1.165, 1.54) is 7.11 Å². The van der Waals surface area contributed by atoms with Crippen LogP contribution in [0.4, 0.5) is 0 Å². The van der Waals surface area contributed by atoms with Gasteiger partial charge in [-0.15, -0.1) is 0 Å². The number of para-hydroxylation sites is 1. The summed E-state index contributed by atoms with van der Waals surface area (Å²) in [5.41, 5.74) is 0.248. The second-order valence-electron chi connectivity index (χ2n) is 6.61. The number of rotatable bonds is 6. The van der Waals surface area contributed by atoms with E-state index in [9.17, 15) is 10.2 Å². The first-order valence-corrected chi connectivity index (χ1v) is 8.56. The Balaban J connectivity index is 1.50. The van der Waals surface area contributed by atoms with Crippen LogP contribution < -0.4 is 9.47 Å². The fourth-order valence-corrected chi connectivity index (χ4v) is 3.10. The van der Waals surface area contributed by atoms with E-state index in [4.69, 9.17) is 9.47 Å². The Morgan fingerprint density at radius 3 is 2.44 bits per heavy atom. The molecule has 3 rings (SSSR count). The topological polar surface area (TPSA) is 62.2 Å². The van der Waals surface area contributed by atoms with Crippen LogP contribution in [-0.4, -0.2) is 47.5 Å². The molecule has 0 spiro atoms. The third-order valence-corrected chi connectivity index (χ3v) is 4.69. The molecule has 0 aliphatic carbocycles. The lowest BCUT2D eigenvalue weighted by Gasteiger charge is -2.38. The molecule has 25 heavy (non-hydrogen) atoms. The van der Waals surface area contributed by atoms with Crippen molar-refractivity contribution in [1.82, 2.24) is 4.90 Å². The van der Waals surface area contributed by atoms with Gasteiger partial charge in [0.25, 0.3) is 0 Å². The summed E-state index contributed by atoms with van der Waals surface area (Å²) in [7, 11) is 1.54. The molecule has 134 valence electrons. The van der Waals surface area contributed by atoms with Crippen molar-refractivity contribution < 1.29 is 19.7 Å². The van der Waals surface area contributed by atoms with Crippen molar-refractivity contribution in [2.45, 2.75) is 25.0 Å². The lowest BCUT2D eigenvalue weighted by molar-refractivity contribution is -0.0537. The highest BCUT2D eigenvalue weighted by molar-refractivity contribution is 5.41. The smallest absolute Gasteiger partial charge is 0.160 e. The van der Waals surface area contributed by atoms with Crippen molar-refractivity contribution in [3.8, 4) is 17.2 Å². The fourth-order valence-electron chi connectivity index (χ4n) is 3.10. The number of aliphatic hydroxyl groups is 1. The van der Waals surface area contributed by atoms with Gasteiger partial charge >= 0.3 is 0 Å². The molecule has 5 heteroatoms. The summed E-state index contributed by atoms with van der Waals surface area (Å²) in [6, 6.07) is 15.0. The molecular formula is C20H25NO4. The number of likely N-dealkylation sites (tertiary alicyclic amines) is 1. The lowest BCUT2D eigenvalue weighted by atomic mass is 9.92. The molecule has 1 aliphatic rings. The quantitative estimate of drug-likeness (QED) is 0.844. The van der Waals surface area contributed by atoms with Crippen LogP contribution in [0.15, 0.2) is 48.5 Å². The first kappa shape index (κ1) is 17.6. The minimum atomic E-state index is -0.783. The number of phenols is 1. The van der Waals surface area contributed by atoms with Crippen molar-refractivity contribution in [2.75, 3.05) is 26.8 Å². The number of hydrogen-bond donors (Lipinski definition) is 2. The van der Waals surface area contributed by atoms with Gasteiger partial charge in [0, 0.05) is 19.6 Å². The van der Waals surface area contributed by atoms with Crippen LogP contribution >= 0.6 is 0 Å². The molecule has 1 aliphatic heterocycles. The van der Waals surface area contributed by atoms with Gasteiger partial charge in [-0.05, 0) is 42.7 Å². The standard InChI is InChI=1S/C20H25NO4/c1-24-19-8-7-16(13-18(19)22)14-21-11-9-20(23,10-12-21)15-25-17-5-3-2-4-6-17/h2-8,13,22-23H,9-12,14-15H2,1H3. The van der Waals surface area contributed by atoms with Crippen LogP contribution in [0.5, 0.6) is 17.2 Å². The van der Waals surface area contributed by atoms with Crippen LogP contribution in [0.1, 0.15) is 18.4 Å². The molecule has 0 atom stereocenters. The Hall–Kier alpha value is -2.24. The SMILES string of the molecule is COc1ccc(CN2CCC(O)(COc3ccccc3)CC2)cc1O. The van der Waals surface area contributed by atoms with Crippen LogP contribution in [0.2, 0.25) is 0 Å². The van der Waals surface area contributed by atoms with Gasteiger partial charge in [0.2, 0.25) is 0 Å². The van der Waals surface area contributed by atoms with E-state index < -0.39 is 5.60 Å². The number of phenolic OH excluding ortho intramolecular Hbond substituents is 1. The van der Waals surface area contributed by atoms with Crippen LogP contribution in [0.25, 0.3) is 0 Å². The highest BCUT2D eigenvalue weighted by atomic mass is 16.5. The zero-order chi connectivity index (χ0) is 17.7. The van der Waals surface area contributed by atoms with Gasteiger partial charge in [0.1, 0.15) is 18.0 Å². The minimum Gasteiger partial charge on any atom is -0.504 e. The van der Waals surface area contributed by atoms with E-state index in [2.05, 4.69) is 4.90 Å². The van der Waals surface area contributed by atoms with Crippen LogP contribution in [0.3, 0.4) is 0 Å². The Bertz CT molecular complexity index is 681. The van der Waals surface area contributed by atoms with Crippen LogP contribution in [0, 0.1) is 0 Å². The Morgan fingerprint density at radius 1 is 1.08 bits per heavy atom. The predicted molar refractivity (Wildman–Crippen MR) is 96.1 cm³/mol. The van der Waals surface area contributed by atoms with Crippen LogP contribution in [-0.2, 0) is 6.54 Å². The predicted octanol–water partition coefficient (Wildman–Crippen LogP) is 2.81. The number of methoxy groups -OCH3 is 1. The monoisotopic (exact) mass is 343 g/mol. The zero-order valence-electron chi connectivity index (χ0n) is 14.5. The maximum atomic E-state index is 10.7. The number of hydrogen-bond acceptors (Lipinski definition) is 5. The Morgan fingerprint density at radius 2 is 1.80 bits per heavy atom. The van der Waals surface area contributed by atoms with Gasteiger partial charge in [-0.1, -0.05) is 24.3 Å². The first-order valence-electron chi connectivity index (χ1n) is 8.56. The summed E-state index contributed by atoms with van der Waals surface area (Å²) in [6.07, 6.45) is 1.34. The molecule has 0 aromatic heterocycles. The van der Waals surface area contributed by atoms with Crippen molar-refractivity contribution in [1.29, 1.82) is 0 Å². The molecule has 5 nitrogen and oxygen atoms in total. The highest BCUT2D eigenvalue weighted by Crippen LogP contribution is 2.28. The Kier molecular flexibility index (Phi) is 5.46. The molecule has 0 amide bonds. The average molecular weight is 343 g/mol. The third-order valence-electron chi connectivity index (χ3n) is 4.69. The summed E-state index contributed by atoms with van der Waals surface area (Å²) in [5.74, 6) is 1.42. The van der Waals surface area contributed by atoms with Gasteiger partial charge < -0.3 is 19.7 Å². The summed E-state index contributed by atoms with van der Waals surface area (Å²) in [5, 5.41) is 20.6. The minimum absolute atomic E-state index is 0.157. The molecule has 0 saturated carbocycles. The lowest BCUT2D eigenvalue weighted by Crippen LogP contribution is -2.47. The van der Waals surface area contributed by atoms with Crippen molar-refractivity contribution >= 4 is 0 Å². The molecule has 1 fully saturated rings. The molecule has 1 saturated heterocycles. The number of nitrogens with zero attached hydrogens (tertiary/aromatic N) is 1. The zero-order valence-corrected chi connectivity index (χ0v) is 14.5. The van der Waals surface area contributed by atoms with Crippen molar-refractivity contribution in [3.05, 3.63) is 54.1 Å². The summed E-state index contributed by atoms with van der Waals surface area (Å²) in [4.78, 5) is 2.28. The van der Waals surface area contributed by atoms with Gasteiger partial charge in [0.05, 0.1) is 7.11 Å². The van der Waals surface area contributed by atoms with Gasteiger partial charge in [0.15, 0.2) is 11.5 Å². The molecule has 2 aromatic rings. The van der Waals surface area contributed by atoms with E-state index >= 15 is 0 Å².